The summed E-state index contributed by atoms with van der Waals surface area (Å²) in [5.41, 5.74) is 8.04. The number of ether oxygens (including phenoxy) is 1. The zero-order valence-corrected chi connectivity index (χ0v) is 15.0. The summed E-state index contributed by atoms with van der Waals surface area (Å²) >= 11 is 7.14. The lowest BCUT2D eigenvalue weighted by molar-refractivity contribution is -0.119. The molecular weight excluding hydrogens is 374 g/mol. The van der Waals surface area contributed by atoms with Crippen molar-refractivity contribution in [2.45, 2.75) is 0 Å². The Labute approximate surface area is 158 Å². The van der Waals surface area contributed by atoms with E-state index in [0.717, 1.165) is 11.3 Å². The van der Waals surface area contributed by atoms with Crippen molar-refractivity contribution in [2.24, 2.45) is 0 Å². The molecule has 0 unspecified atom stereocenters. The monoisotopic (exact) mass is 387 g/mol. The Kier molecular flexibility index (Phi) is 5.50. The maximum absolute atomic E-state index is 11.9. The Bertz CT molecular complexity index is 924. The molecule has 1 amide bonds. The highest BCUT2D eigenvalue weighted by Gasteiger charge is 2.12. The van der Waals surface area contributed by atoms with Crippen LogP contribution in [0.15, 0.2) is 53.9 Å². The summed E-state index contributed by atoms with van der Waals surface area (Å²) in [6.45, 7) is -0.404. The van der Waals surface area contributed by atoms with Gasteiger partial charge >= 0.3 is 5.97 Å². The molecule has 26 heavy (non-hydrogen) atoms. The summed E-state index contributed by atoms with van der Waals surface area (Å²) in [5.74, 6) is -1.06. The maximum Gasteiger partial charge on any atom is 0.338 e. The molecule has 2 aromatic carbocycles. The number of thiazole rings is 1. The van der Waals surface area contributed by atoms with Crippen molar-refractivity contribution in [3.05, 3.63) is 64.5 Å². The second kappa shape index (κ2) is 7.99. The van der Waals surface area contributed by atoms with E-state index in [-0.39, 0.29) is 0 Å². The second-order valence-electron chi connectivity index (χ2n) is 5.29. The van der Waals surface area contributed by atoms with Crippen molar-refractivity contribution in [1.29, 1.82) is 0 Å². The normalized spacial score (nSPS) is 10.3. The Morgan fingerprint density at radius 3 is 2.50 bits per heavy atom. The largest absolute Gasteiger partial charge is 0.452 e. The quantitative estimate of drug-likeness (QED) is 0.512. The number of hydrogen-bond acceptors (Lipinski definition) is 6. The fraction of sp³-hybridized carbons (Fsp3) is 0.0556. The standard InChI is InChI=1S/C18H14ClN3O3S/c19-13-5-1-11(2-6-13)15-10-26-18(21-15)22-16(23)9-25-17(24)12-3-7-14(20)8-4-12/h1-8,10H,9,20H2,(H,21,22,23). The van der Waals surface area contributed by atoms with Crippen LogP contribution < -0.4 is 11.1 Å². The fourth-order valence-corrected chi connectivity index (χ4v) is 2.94. The minimum absolute atomic E-state index is 0.325. The number of aromatic nitrogens is 1. The number of hydrogen-bond donors (Lipinski definition) is 2. The summed E-state index contributed by atoms with van der Waals surface area (Å²) < 4.78 is 4.98. The van der Waals surface area contributed by atoms with E-state index < -0.39 is 18.5 Å². The van der Waals surface area contributed by atoms with Gasteiger partial charge in [-0.05, 0) is 36.4 Å². The van der Waals surface area contributed by atoms with Crippen LogP contribution in [0.3, 0.4) is 0 Å². The number of anilines is 2. The van der Waals surface area contributed by atoms with Crippen molar-refractivity contribution in [2.75, 3.05) is 17.7 Å². The van der Waals surface area contributed by atoms with Crippen LogP contribution in [0.4, 0.5) is 10.8 Å². The number of nitrogens with two attached hydrogens (primary N) is 1. The van der Waals surface area contributed by atoms with Crippen LogP contribution in [0.2, 0.25) is 5.02 Å². The highest BCUT2D eigenvalue weighted by Crippen LogP contribution is 2.25. The fourth-order valence-electron chi connectivity index (χ4n) is 2.07. The molecule has 3 rings (SSSR count). The van der Waals surface area contributed by atoms with Gasteiger partial charge in [-0.3, -0.25) is 10.1 Å². The van der Waals surface area contributed by atoms with E-state index in [1.165, 1.54) is 23.5 Å². The van der Waals surface area contributed by atoms with Crippen molar-refractivity contribution in [3.63, 3.8) is 0 Å². The molecular formula is C18H14ClN3O3S. The molecule has 0 aliphatic carbocycles. The average molecular weight is 388 g/mol. The molecule has 0 saturated heterocycles. The third kappa shape index (κ3) is 4.59. The Morgan fingerprint density at radius 1 is 1.12 bits per heavy atom. The molecule has 6 nitrogen and oxygen atoms in total. The van der Waals surface area contributed by atoms with E-state index in [9.17, 15) is 9.59 Å². The molecule has 0 spiro atoms. The van der Waals surface area contributed by atoms with Gasteiger partial charge in [-0.25, -0.2) is 9.78 Å². The first-order valence-corrected chi connectivity index (χ1v) is 8.81. The van der Waals surface area contributed by atoms with Gasteiger partial charge in [0.2, 0.25) is 0 Å². The van der Waals surface area contributed by atoms with Gasteiger partial charge in [0, 0.05) is 21.7 Å². The molecule has 8 heteroatoms. The average Bonchev–Trinajstić information content (AvgIpc) is 3.09. The Hall–Kier alpha value is -2.90. The lowest BCUT2D eigenvalue weighted by Gasteiger charge is -2.05. The molecule has 0 fully saturated rings. The second-order valence-corrected chi connectivity index (χ2v) is 6.59. The Balaban J connectivity index is 1.54. The maximum atomic E-state index is 11.9. The zero-order valence-electron chi connectivity index (χ0n) is 13.4. The van der Waals surface area contributed by atoms with Gasteiger partial charge in [0.1, 0.15) is 0 Å². The molecule has 0 saturated carbocycles. The first-order chi connectivity index (χ1) is 12.5. The van der Waals surface area contributed by atoms with Crippen LogP contribution >= 0.6 is 22.9 Å². The van der Waals surface area contributed by atoms with Gasteiger partial charge in [-0.15, -0.1) is 11.3 Å². The van der Waals surface area contributed by atoms with Crippen LogP contribution in [0.1, 0.15) is 10.4 Å². The van der Waals surface area contributed by atoms with Crippen LogP contribution in [0.5, 0.6) is 0 Å². The van der Waals surface area contributed by atoms with Gasteiger partial charge in [0.05, 0.1) is 11.3 Å². The van der Waals surface area contributed by atoms with E-state index in [1.807, 2.05) is 17.5 Å². The number of nitrogens with one attached hydrogen (secondary N) is 1. The molecule has 1 aromatic heterocycles. The first kappa shape index (κ1) is 17.9. The number of rotatable bonds is 5. The number of halogens is 1. The van der Waals surface area contributed by atoms with Crippen molar-refractivity contribution in [3.8, 4) is 11.3 Å². The van der Waals surface area contributed by atoms with Gasteiger partial charge in [0.15, 0.2) is 11.7 Å². The summed E-state index contributed by atoms with van der Waals surface area (Å²) in [5, 5.41) is 5.48. The number of esters is 1. The minimum atomic E-state index is -0.596. The van der Waals surface area contributed by atoms with Crippen molar-refractivity contribution >= 4 is 45.6 Å². The van der Waals surface area contributed by atoms with E-state index in [4.69, 9.17) is 22.1 Å². The predicted octanol–water partition coefficient (Wildman–Crippen LogP) is 3.84. The lowest BCUT2D eigenvalue weighted by Crippen LogP contribution is -2.20. The van der Waals surface area contributed by atoms with Gasteiger partial charge in [0.25, 0.3) is 5.91 Å². The van der Waals surface area contributed by atoms with Gasteiger partial charge in [-0.1, -0.05) is 23.7 Å². The molecule has 0 atom stereocenters. The topological polar surface area (TPSA) is 94.3 Å². The Morgan fingerprint density at radius 2 is 1.81 bits per heavy atom. The first-order valence-electron chi connectivity index (χ1n) is 7.55. The van der Waals surface area contributed by atoms with Gasteiger partial charge < -0.3 is 10.5 Å². The highest BCUT2D eigenvalue weighted by molar-refractivity contribution is 7.14. The molecule has 132 valence electrons. The number of benzene rings is 2. The third-order valence-electron chi connectivity index (χ3n) is 3.37. The molecule has 1 heterocycles. The molecule has 0 aliphatic rings. The molecule has 0 radical (unpaired) electrons. The molecule has 0 aliphatic heterocycles. The van der Waals surface area contributed by atoms with E-state index >= 15 is 0 Å². The van der Waals surface area contributed by atoms with E-state index in [0.29, 0.717) is 21.4 Å². The van der Waals surface area contributed by atoms with Gasteiger partial charge in [-0.2, -0.15) is 0 Å². The SMILES string of the molecule is Nc1ccc(C(=O)OCC(=O)Nc2nc(-c3ccc(Cl)cc3)cs2)cc1. The summed E-state index contributed by atoms with van der Waals surface area (Å²) in [4.78, 5) is 28.1. The van der Waals surface area contributed by atoms with Crippen LogP contribution in [0, 0.1) is 0 Å². The number of nitrogen functional groups attached to an aromatic ring is 1. The smallest absolute Gasteiger partial charge is 0.338 e. The number of carbonyl (C=O) groups is 2. The molecule has 3 N–H and O–H groups in total. The number of nitrogens with zero attached hydrogens (tertiary/aromatic N) is 1. The highest BCUT2D eigenvalue weighted by atomic mass is 35.5. The lowest BCUT2D eigenvalue weighted by atomic mass is 10.2. The molecule has 0 bridgehead atoms. The molecule has 3 aromatic rings. The summed E-state index contributed by atoms with van der Waals surface area (Å²) in [7, 11) is 0. The van der Waals surface area contributed by atoms with E-state index in [2.05, 4.69) is 10.3 Å². The zero-order chi connectivity index (χ0) is 18.5. The third-order valence-corrected chi connectivity index (χ3v) is 4.38. The van der Waals surface area contributed by atoms with Crippen LogP contribution in [-0.2, 0) is 9.53 Å². The predicted molar refractivity (Wildman–Crippen MR) is 102 cm³/mol. The minimum Gasteiger partial charge on any atom is -0.452 e. The summed E-state index contributed by atoms with van der Waals surface area (Å²) in [6, 6.07) is 13.5. The number of carbonyl (C=O) groups excluding carboxylic acids is 2. The number of amides is 1. The van der Waals surface area contributed by atoms with Crippen molar-refractivity contribution < 1.29 is 14.3 Å². The van der Waals surface area contributed by atoms with Crippen LogP contribution in [-0.4, -0.2) is 23.5 Å². The summed E-state index contributed by atoms with van der Waals surface area (Å²) in [6.07, 6.45) is 0. The van der Waals surface area contributed by atoms with Crippen LogP contribution in [0.25, 0.3) is 11.3 Å². The van der Waals surface area contributed by atoms with Crippen molar-refractivity contribution in [1.82, 2.24) is 4.98 Å². The van der Waals surface area contributed by atoms with E-state index in [1.54, 1.807) is 24.3 Å².